The number of ether oxygens (including phenoxy) is 3. The lowest BCUT2D eigenvalue weighted by Gasteiger charge is -2.15. The minimum absolute atomic E-state index is 0.0577. The zero-order valence-corrected chi connectivity index (χ0v) is 9.97. The third-order valence-corrected chi connectivity index (χ3v) is 2.16. The van der Waals surface area contributed by atoms with E-state index in [-0.39, 0.29) is 12.9 Å². The Kier molecular flexibility index (Phi) is 5.86. The minimum Gasteiger partial charge on any atom is -0.479 e. The average molecular weight is 236 g/mol. The standard InChI is InChI=1S/C12H16N2O3/c1-15-12(16-2)9-14-10-3-5-11(6-4-10)17-8-7-13/h3-6,12,14H,8-9H2,1-2H3. The number of rotatable bonds is 7. The van der Waals surface area contributed by atoms with Crippen molar-refractivity contribution >= 4 is 5.69 Å². The van der Waals surface area contributed by atoms with Crippen molar-refractivity contribution in [3.63, 3.8) is 0 Å². The second-order valence-electron chi connectivity index (χ2n) is 3.25. The average Bonchev–Trinajstić information content (AvgIpc) is 2.39. The lowest BCUT2D eigenvalue weighted by atomic mass is 10.3. The van der Waals surface area contributed by atoms with Gasteiger partial charge >= 0.3 is 0 Å². The molecule has 0 aliphatic carbocycles. The molecule has 5 nitrogen and oxygen atoms in total. The van der Waals surface area contributed by atoms with Gasteiger partial charge in [0.15, 0.2) is 12.9 Å². The second kappa shape index (κ2) is 7.49. The predicted molar refractivity (Wildman–Crippen MR) is 63.8 cm³/mol. The molecule has 0 amide bonds. The molecule has 1 aromatic carbocycles. The van der Waals surface area contributed by atoms with E-state index in [0.29, 0.717) is 12.3 Å². The molecule has 1 rings (SSSR count). The van der Waals surface area contributed by atoms with Crippen LogP contribution in [0.1, 0.15) is 0 Å². The number of nitriles is 1. The van der Waals surface area contributed by atoms with Gasteiger partial charge in [-0.15, -0.1) is 0 Å². The molecule has 1 N–H and O–H groups in total. The summed E-state index contributed by atoms with van der Waals surface area (Å²) >= 11 is 0. The summed E-state index contributed by atoms with van der Waals surface area (Å²) in [6, 6.07) is 9.26. The molecule has 0 spiro atoms. The Balaban J connectivity index is 2.42. The summed E-state index contributed by atoms with van der Waals surface area (Å²) in [7, 11) is 3.18. The van der Waals surface area contributed by atoms with Crippen LogP contribution in [0.25, 0.3) is 0 Å². The van der Waals surface area contributed by atoms with Gasteiger partial charge in [-0.2, -0.15) is 5.26 Å². The second-order valence-corrected chi connectivity index (χ2v) is 3.25. The van der Waals surface area contributed by atoms with Gasteiger partial charge in [0.1, 0.15) is 11.8 Å². The number of benzene rings is 1. The van der Waals surface area contributed by atoms with Crippen LogP contribution in [0.4, 0.5) is 5.69 Å². The molecule has 0 heterocycles. The number of methoxy groups -OCH3 is 2. The molecule has 0 bridgehead atoms. The molecule has 92 valence electrons. The molecule has 0 radical (unpaired) electrons. The van der Waals surface area contributed by atoms with E-state index in [1.807, 2.05) is 18.2 Å². The Morgan fingerprint density at radius 1 is 1.24 bits per heavy atom. The maximum Gasteiger partial charge on any atom is 0.174 e. The van der Waals surface area contributed by atoms with Crippen LogP contribution in [0.2, 0.25) is 0 Å². The van der Waals surface area contributed by atoms with Crippen molar-refractivity contribution in [1.29, 1.82) is 5.26 Å². The summed E-state index contributed by atoms with van der Waals surface area (Å²) in [5.41, 5.74) is 0.938. The van der Waals surface area contributed by atoms with E-state index >= 15 is 0 Å². The monoisotopic (exact) mass is 236 g/mol. The van der Waals surface area contributed by atoms with E-state index in [0.717, 1.165) is 5.69 Å². The van der Waals surface area contributed by atoms with E-state index < -0.39 is 0 Å². The molecule has 0 atom stereocenters. The van der Waals surface area contributed by atoms with Gasteiger partial charge in [0.05, 0.1) is 6.54 Å². The highest BCUT2D eigenvalue weighted by molar-refractivity contribution is 5.46. The first kappa shape index (κ1) is 13.3. The van der Waals surface area contributed by atoms with Crippen molar-refractivity contribution in [2.45, 2.75) is 6.29 Å². The normalized spacial score (nSPS) is 10.0. The molecular formula is C12H16N2O3. The largest absolute Gasteiger partial charge is 0.479 e. The van der Waals surface area contributed by atoms with E-state index in [4.69, 9.17) is 19.5 Å². The van der Waals surface area contributed by atoms with Crippen LogP contribution in [-0.2, 0) is 9.47 Å². The molecule has 0 saturated carbocycles. The molecule has 0 aliphatic heterocycles. The number of anilines is 1. The fourth-order valence-electron chi connectivity index (χ4n) is 1.25. The number of nitrogens with zero attached hydrogens (tertiary/aromatic N) is 1. The Bertz CT molecular complexity index is 355. The summed E-state index contributed by atoms with van der Waals surface area (Å²) in [6.45, 7) is 0.619. The Labute approximate surface area is 101 Å². The molecular weight excluding hydrogens is 220 g/mol. The lowest BCUT2D eigenvalue weighted by molar-refractivity contribution is -0.0914. The quantitative estimate of drug-likeness (QED) is 0.729. The van der Waals surface area contributed by atoms with E-state index in [2.05, 4.69) is 5.32 Å². The molecule has 0 fully saturated rings. The highest BCUT2D eigenvalue weighted by atomic mass is 16.7. The van der Waals surface area contributed by atoms with Gasteiger partial charge in [-0.3, -0.25) is 0 Å². The SMILES string of the molecule is COC(CNc1ccc(OCC#N)cc1)OC. The van der Waals surface area contributed by atoms with Crippen molar-refractivity contribution < 1.29 is 14.2 Å². The van der Waals surface area contributed by atoms with Gasteiger partial charge < -0.3 is 19.5 Å². The van der Waals surface area contributed by atoms with Crippen LogP contribution in [0, 0.1) is 11.3 Å². The minimum atomic E-state index is -0.274. The van der Waals surface area contributed by atoms with Crippen molar-refractivity contribution in [2.24, 2.45) is 0 Å². The molecule has 17 heavy (non-hydrogen) atoms. The van der Waals surface area contributed by atoms with E-state index in [1.165, 1.54) is 0 Å². The van der Waals surface area contributed by atoms with Gasteiger partial charge in [-0.1, -0.05) is 0 Å². The zero-order valence-electron chi connectivity index (χ0n) is 9.97. The van der Waals surface area contributed by atoms with Crippen molar-refractivity contribution in [3.8, 4) is 11.8 Å². The molecule has 0 saturated heterocycles. The first-order chi connectivity index (χ1) is 8.30. The van der Waals surface area contributed by atoms with Crippen molar-refractivity contribution in [3.05, 3.63) is 24.3 Å². The van der Waals surface area contributed by atoms with Crippen LogP contribution in [0.3, 0.4) is 0 Å². The van der Waals surface area contributed by atoms with E-state index in [9.17, 15) is 0 Å². The van der Waals surface area contributed by atoms with Gasteiger partial charge in [0.25, 0.3) is 0 Å². The summed E-state index contributed by atoms with van der Waals surface area (Å²) in [5, 5.41) is 11.5. The van der Waals surface area contributed by atoms with E-state index in [1.54, 1.807) is 26.4 Å². The maximum atomic E-state index is 8.37. The number of hydrogen-bond donors (Lipinski definition) is 1. The number of hydrogen-bond acceptors (Lipinski definition) is 5. The molecule has 1 aromatic rings. The first-order valence-electron chi connectivity index (χ1n) is 5.19. The molecule has 0 unspecified atom stereocenters. The van der Waals surface area contributed by atoms with Crippen molar-refractivity contribution in [1.82, 2.24) is 0 Å². The topological polar surface area (TPSA) is 63.5 Å². The first-order valence-corrected chi connectivity index (χ1v) is 5.19. The van der Waals surface area contributed by atoms with Crippen molar-refractivity contribution in [2.75, 3.05) is 32.7 Å². The van der Waals surface area contributed by atoms with Gasteiger partial charge in [-0.25, -0.2) is 0 Å². The van der Waals surface area contributed by atoms with Crippen LogP contribution in [0.15, 0.2) is 24.3 Å². The zero-order chi connectivity index (χ0) is 12.5. The molecule has 0 aromatic heterocycles. The Morgan fingerprint density at radius 2 is 1.88 bits per heavy atom. The highest BCUT2D eigenvalue weighted by Crippen LogP contribution is 2.15. The summed E-state index contributed by atoms with van der Waals surface area (Å²) in [6.07, 6.45) is -0.274. The highest BCUT2D eigenvalue weighted by Gasteiger charge is 2.03. The summed E-state index contributed by atoms with van der Waals surface area (Å²) in [5.74, 6) is 0.673. The van der Waals surface area contributed by atoms with Crippen LogP contribution >= 0.6 is 0 Å². The Hall–Kier alpha value is -1.77. The third-order valence-electron chi connectivity index (χ3n) is 2.16. The van der Waals surface area contributed by atoms with Crippen LogP contribution in [0.5, 0.6) is 5.75 Å². The lowest BCUT2D eigenvalue weighted by Crippen LogP contribution is -2.23. The molecule has 5 heteroatoms. The third kappa shape index (κ3) is 4.72. The van der Waals surface area contributed by atoms with Crippen LogP contribution in [-0.4, -0.2) is 33.7 Å². The summed E-state index contributed by atoms with van der Waals surface area (Å²) < 4.78 is 15.2. The van der Waals surface area contributed by atoms with Crippen LogP contribution < -0.4 is 10.1 Å². The fourth-order valence-corrected chi connectivity index (χ4v) is 1.25. The maximum absolute atomic E-state index is 8.37. The Morgan fingerprint density at radius 3 is 2.41 bits per heavy atom. The van der Waals surface area contributed by atoms with Gasteiger partial charge in [-0.05, 0) is 24.3 Å². The number of nitrogens with one attached hydrogen (secondary N) is 1. The summed E-state index contributed by atoms with van der Waals surface area (Å²) in [4.78, 5) is 0. The fraction of sp³-hybridized carbons (Fsp3) is 0.417. The van der Waals surface area contributed by atoms with Gasteiger partial charge in [0, 0.05) is 19.9 Å². The molecule has 0 aliphatic rings. The van der Waals surface area contributed by atoms with Gasteiger partial charge in [0.2, 0.25) is 0 Å². The smallest absolute Gasteiger partial charge is 0.174 e. The predicted octanol–water partition coefficient (Wildman–Crippen LogP) is 1.62.